The maximum Gasteiger partial charge on any atom is 0.410 e. The van der Waals surface area contributed by atoms with E-state index in [0.29, 0.717) is 0 Å². The number of carbonyl (C=O) groups is 1. The van der Waals surface area contributed by atoms with Crippen molar-refractivity contribution in [3.05, 3.63) is 0 Å². The van der Waals surface area contributed by atoms with Gasteiger partial charge < -0.3 is 14.7 Å². The molecule has 0 aromatic carbocycles. The third-order valence-electron chi connectivity index (χ3n) is 4.19. The Morgan fingerprint density at radius 2 is 1.41 bits per heavy atom. The van der Waals surface area contributed by atoms with E-state index in [-0.39, 0.29) is 6.09 Å². The van der Waals surface area contributed by atoms with Crippen LogP contribution in [0.25, 0.3) is 0 Å². The molecule has 0 saturated carbocycles. The van der Waals surface area contributed by atoms with Gasteiger partial charge in [-0.2, -0.15) is 0 Å². The lowest BCUT2D eigenvalue weighted by molar-refractivity contribution is 0.0229. The number of amides is 1. The molecular weight excluding hydrogens is 278 g/mol. The van der Waals surface area contributed by atoms with Crippen LogP contribution in [0.1, 0.15) is 85.5 Å². The van der Waals surface area contributed by atoms with E-state index in [1.807, 2.05) is 32.6 Å². The minimum Gasteiger partial charge on any atom is -0.444 e. The first-order valence-corrected chi connectivity index (χ1v) is 8.90. The maximum absolute atomic E-state index is 12.3. The van der Waals surface area contributed by atoms with Crippen molar-refractivity contribution in [3.8, 4) is 0 Å². The summed E-state index contributed by atoms with van der Waals surface area (Å²) >= 11 is 0. The highest BCUT2D eigenvalue weighted by molar-refractivity contribution is 5.68. The number of hydrogen-bond acceptors (Lipinski definition) is 3. The molecule has 1 aliphatic heterocycles. The van der Waals surface area contributed by atoms with Crippen LogP contribution < -0.4 is 0 Å². The Kier molecular flexibility index (Phi) is 7.67. The van der Waals surface area contributed by atoms with Crippen LogP contribution >= 0.6 is 0 Å². The van der Waals surface area contributed by atoms with E-state index in [1.165, 1.54) is 12.8 Å². The van der Waals surface area contributed by atoms with Crippen LogP contribution in [-0.4, -0.2) is 40.4 Å². The van der Waals surface area contributed by atoms with Gasteiger partial charge in [0.25, 0.3) is 0 Å². The molecule has 4 heteroatoms. The fraction of sp³-hybridized carbons (Fsp3) is 0.944. The van der Waals surface area contributed by atoms with Crippen LogP contribution in [0, 0.1) is 0 Å². The molecule has 0 aliphatic carbocycles. The third kappa shape index (κ3) is 8.62. The molecule has 0 bridgehead atoms. The van der Waals surface area contributed by atoms with Crippen LogP contribution in [-0.2, 0) is 4.74 Å². The minimum atomic E-state index is -0.551. The largest absolute Gasteiger partial charge is 0.444 e. The molecule has 1 fully saturated rings. The molecule has 1 saturated heterocycles. The van der Waals surface area contributed by atoms with Gasteiger partial charge in [-0.15, -0.1) is 0 Å². The summed E-state index contributed by atoms with van der Waals surface area (Å²) < 4.78 is 5.50. The van der Waals surface area contributed by atoms with Crippen molar-refractivity contribution >= 4 is 6.09 Å². The second-order valence-electron chi connectivity index (χ2n) is 7.94. The number of hydrogen-bond donors (Lipinski definition) is 1. The number of nitrogens with zero attached hydrogens (tertiary/aromatic N) is 1. The molecule has 22 heavy (non-hydrogen) atoms. The normalized spacial score (nSPS) is 26.5. The van der Waals surface area contributed by atoms with Crippen molar-refractivity contribution in [3.63, 3.8) is 0 Å². The van der Waals surface area contributed by atoms with Crippen LogP contribution in [0.3, 0.4) is 0 Å². The standard InChI is InChI=1S/C18H35NO3/c1-17(2,3)22-16(20)19-14-10-7-5-6-8-12-18(4,21)13-9-11-15-19/h21H,5-15H2,1-4H3. The summed E-state index contributed by atoms with van der Waals surface area (Å²) in [4.78, 5) is 14.1. The molecule has 1 rings (SSSR count). The summed E-state index contributed by atoms with van der Waals surface area (Å²) in [7, 11) is 0. The first-order chi connectivity index (χ1) is 10.2. The molecule has 1 N–H and O–H groups in total. The van der Waals surface area contributed by atoms with E-state index in [0.717, 1.165) is 58.0 Å². The topological polar surface area (TPSA) is 49.8 Å². The molecule has 4 nitrogen and oxygen atoms in total. The van der Waals surface area contributed by atoms with Crippen molar-refractivity contribution < 1.29 is 14.6 Å². The zero-order valence-corrected chi connectivity index (χ0v) is 15.0. The quantitative estimate of drug-likeness (QED) is 0.716. The highest BCUT2D eigenvalue weighted by atomic mass is 16.6. The SMILES string of the molecule is CC1(O)CCCCCCCN(C(=O)OC(C)(C)C)CCCC1. The lowest BCUT2D eigenvalue weighted by Crippen LogP contribution is -2.38. The summed E-state index contributed by atoms with van der Waals surface area (Å²) in [5.74, 6) is 0. The Morgan fingerprint density at radius 1 is 0.955 bits per heavy atom. The van der Waals surface area contributed by atoms with Crippen molar-refractivity contribution in [1.29, 1.82) is 0 Å². The first kappa shape index (κ1) is 19.3. The van der Waals surface area contributed by atoms with Gasteiger partial charge in [-0.1, -0.05) is 25.7 Å². The van der Waals surface area contributed by atoms with E-state index in [2.05, 4.69) is 0 Å². The number of ether oxygens (including phenoxy) is 1. The molecule has 0 aromatic rings. The van der Waals surface area contributed by atoms with Gasteiger partial charge in [0, 0.05) is 13.1 Å². The lowest BCUT2D eigenvalue weighted by atomic mass is 9.92. The van der Waals surface area contributed by atoms with Crippen molar-refractivity contribution in [2.75, 3.05) is 13.1 Å². The molecule has 1 atom stereocenters. The Morgan fingerprint density at radius 3 is 2.00 bits per heavy atom. The average Bonchev–Trinajstić information content (AvgIpc) is 2.38. The molecule has 1 aliphatic rings. The second kappa shape index (κ2) is 8.76. The monoisotopic (exact) mass is 313 g/mol. The number of rotatable bonds is 0. The molecule has 1 unspecified atom stereocenters. The van der Waals surface area contributed by atoms with Gasteiger partial charge in [0.15, 0.2) is 0 Å². The summed E-state index contributed by atoms with van der Waals surface area (Å²) in [6.45, 7) is 9.17. The Labute approximate surface area is 136 Å². The summed E-state index contributed by atoms with van der Waals surface area (Å²) in [5, 5.41) is 10.4. The van der Waals surface area contributed by atoms with Gasteiger partial charge >= 0.3 is 6.09 Å². The van der Waals surface area contributed by atoms with E-state index in [1.54, 1.807) is 0 Å². The van der Waals surface area contributed by atoms with Gasteiger partial charge in [0.05, 0.1) is 5.60 Å². The van der Waals surface area contributed by atoms with Crippen LogP contribution in [0.15, 0.2) is 0 Å². The zero-order valence-electron chi connectivity index (χ0n) is 15.0. The smallest absolute Gasteiger partial charge is 0.410 e. The van der Waals surface area contributed by atoms with Crippen molar-refractivity contribution in [1.82, 2.24) is 4.90 Å². The molecule has 0 spiro atoms. The van der Waals surface area contributed by atoms with Crippen molar-refractivity contribution in [2.45, 2.75) is 96.7 Å². The van der Waals surface area contributed by atoms with E-state index in [4.69, 9.17) is 4.74 Å². The van der Waals surface area contributed by atoms with E-state index >= 15 is 0 Å². The highest BCUT2D eigenvalue weighted by Gasteiger charge is 2.23. The Bertz CT molecular complexity index is 334. The van der Waals surface area contributed by atoms with Gasteiger partial charge in [0.1, 0.15) is 5.60 Å². The lowest BCUT2D eigenvalue weighted by Gasteiger charge is -2.28. The molecule has 130 valence electrons. The minimum absolute atomic E-state index is 0.200. The predicted molar refractivity (Wildman–Crippen MR) is 90.0 cm³/mol. The molecular formula is C18H35NO3. The predicted octanol–water partition coefficient (Wildman–Crippen LogP) is 4.50. The fourth-order valence-corrected chi connectivity index (χ4v) is 2.89. The summed E-state index contributed by atoms with van der Waals surface area (Å²) in [6.07, 6.45) is 9.01. The van der Waals surface area contributed by atoms with Crippen LogP contribution in [0.5, 0.6) is 0 Å². The van der Waals surface area contributed by atoms with Gasteiger partial charge in [-0.05, 0) is 59.8 Å². The summed E-state index contributed by atoms with van der Waals surface area (Å²) in [5.41, 5.74) is -0.993. The van der Waals surface area contributed by atoms with Gasteiger partial charge in [-0.3, -0.25) is 0 Å². The van der Waals surface area contributed by atoms with Crippen molar-refractivity contribution in [2.24, 2.45) is 0 Å². The Hall–Kier alpha value is -0.770. The number of aliphatic hydroxyl groups is 1. The molecule has 0 aromatic heterocycles. The molecule has 1 heterocycles. The summed E-state index contributed by atoms with van der Waals surface area (Å²) in [6, 6.07) is 0. The number of carbonyl (C=O) groups excluding carboxylic acids is 1. The second-order valence-corrected chi connectivity index (χ2v) is 7.94. The molecule has 1 amide bonds. The van der Waals surface area contributed by atoms with Gasteiger partial charge in [-0.25, -0.2) is 4.79 Å². The fourth-order valence-electron chi connectivity index (χ4n) is 2.89. The highest BCUT2D eigenvalue weighted by Crippen LogP contribution is 2.22. The zero-order chi connectivity index (χ0) is 16.6. The molecule has 0 radical (unpaired) electrons. The maximum atomic E-state index is 12.3. The van der Waals surface area contributed by atoms with Gasteiger partial charge in [0.2, 0.25) is 0 Å². The van der Waals surface area contributed by atoms with E-state index in [9.17, 15) is 9.90 Å². The average molecular weight is 313 g/mol. The first-order valence-electron chi connectivity index (χ1n) is 8.90. The van der Waals surface area contributed by atoms with Crippen LogP contribution in [0.2, 0.25) is 0 Å². The third-order valence-corrected chi connectivity index (χ3v) is 4.19. The Balaban J connectivity index is 2.56. The van der Waals surface area contributed by atoms with E-state index < -0.39 is 11.2 Å². The van der Waals surface area contributed by atoms with Crippen LogP contribution in [0.4, 0.5) is 4.79 Å².